The van der Waals surface area contributed by atoms with E-state index in [2.05, 4.69) is 11.8 Å². The summed E-state index contributed by atoms with van der Waals surface area (Å²) >= 11 is 0. The quantitative estimate of drug-likeness (QED) is 0.281. The van der Waals surface area contributed by atoms with Crippen LogP contribution in [-0.2, 0) is 31.4 Å². The Bertz CT molecular complexity index is 151. The molecule has 0 fully saturated rings. The molecule has 0 aliphatic rings. The van der Waals surface area contributed by atoms with Gasteiger partial charge < -0.3 is 4.89 Å². The molecule has 0 bridgehead atoms. The molecular formula is C12H24O3Ti. The zero-order valence-corrected chi connectivity index (χ0v) is 11.9. The van der Waals surface area contributed by atoms with Crippen LogP contribution in [0.5, 0.6) is 0 Å². The predicted molar refractivity (Wildman–Crippen MR) is 60.6 cm³/mol. The van der Waals surface area contributed by atoms with Crippen LogP contribution in [0.1, 0.15) is 71.1 Å². The van der Waals surface area contributed by atoms with Crippen molar-refractivity contribution < 1.29 is 36.7 Å². The summed E-state index contributed by atoms with van der Waals surface area (Å²) in [5.41, 5.74) is 0. The molecule has 0 saturated carbocycles. The fourth-order valence-electron chi connectivity index (χ4n) is 1.63. The van der Waals surface area contributed by atoms with E-state index >= 15 is 0 Å². The molecule has 0 radical (unpaired) electrons. The Morgan fingerprint density at radius 1 is 0.938 bits per heavy atom. The summed E-state index contributed by atoms with van der Waals surface area (Å²) in [7, 11) is 0. The molecule has 0 aromatic rings. The molecule has 0 aromatic heterocycles. The summed E-state index contributed by atoms with van der Waals surface area (Å²) in [5.74, 6) is -0.516. The second-order valence-corrected chi connectivity index (χ2v) is 4.04. The number of carbonyl (C=O) groups is 1. The van der Waals surface area contributed by atoms with Crippen LogP contribution in [0.4, 0.5) is 0 Å². The van der Waals surface area contributed by atoms with E-state index in [0.29, 0.717) is 6.42 Å². The molecule has 0 aliphatic heterocycles. The monoisotopic (exact) mass is 264 g/mol. The Kier molecular flexibility index (Phi) is 17.5. The van der Waals surface area contributed by atoms with Crippen LogP contribution in [0.2, 0.25) is 0 Å². The van der Waals surface area contributed by atoms with Gasteiger partial charge in [0.15, 0.2) is 0 Å². The van der Waals surface area contributed by atoms with Crippen LogP contribution in [0.25, 0.3) is 0 Å². The van der Waals surface area contributed by atoms with Crippen molar-refractivity contribution in [2.45, 2.75) is 71.1 Å². The molecule has 0 saturated heterocycles. The second-order valence-electron chi connectivity index (χ2n) is 4.04. The maximum absolute atomic E-state index is 10.5. The minimum atomic E-state index is -0.516. The maximum atomic E-state index is 10.5. The summed E-state index contributed by atoms with van der Waals surface area (Å²) in [4.78, 5) is 14.1. The third-order valence-corrected chi connectivity index (χ3v) is 2.59. The van der Waals surface area contributed by atoms with Gasteiger partial charge in [0.1, 0.15) is 0 Å². The minimum absolute atomic E-state index is 0. The van der Waals surface area contributed by atoms with E-state index < -0.39 is 5.97 Å². The van der Waals surface area contributed by atoms with E-state index in [1.807, 2.05) is 0 Å². The zero-order valence-electron chi connectivity index (χ0n) is 10.3. The molecule has 0 rings (SSSR count). The van der Waals surface area contributed by atoms with E-state index in [0.717, 1.165) is 12.8 Å². The van der Waals surface area contributed by atoms with Crippen LogP contribution in [0.15, 0.2) is 0 Å². The van der Waals surface area contributed by atoms with Crippen molar-refractivity contribution in [1.29, 1.82) is 0 Å². The van der Waals surface area contributed by atoms with Crippen LogP contribution in [0.3, 0.4) is 0 Å². The average Bonchev–Trinajstić information content (AvgIpc) is 2.26. The fraction of sp³-hybridized carbons (Fsp3) is 0.917. The van der Waals surface area contributed by atoms with E-state index in [-0.39, 0.29) is 21.7 Å². The van der Waals surface area contributed by atoms with Crippen molar-refractivity contribution in [1.82, 2.24) is 0 Å². The SMILES string of the molecule is CCCCCCCCCCCC(=O)OO.[Ti]. The molecule has 94 valence electrons. The van der Waals surface area contributed by atoms with E-state index in [1.54, 1.807) is 0 Å². The van der Waals surface area contributed by atoms with Gasteiger partial charge in [0.05, 0.1) is 0 Å². The van der Waals surface area contributed by atoms with E-state index in [4.69, 9.17) is 5.26 Å². The summed E-state index contributed by atoms with van der Waals surface area (Å²) in [6.07, 6.45) is 11.3. The first-order valence-electron chi connectivity index (χ1n) is 6.15. The molecule has 4 heteroatoms. The Balaban J connectivity index is 0. The Morgan fingerprint density at radius 3 is 1.81 bits per heavy atom. The summed E-state index contributed by atoms with van der Waals surface area (Å²) < 4.78 is 0. The first-order chi connectivity index (χ1) is 7.31. The largest absolute Gasteiger partial charge is 0.342 e. The number of carbonyl (C=O) groups excluding carboxylic acids is 1. The minimum Gasteiger partial charge on any atom is -0.301 e. The molecule has 0 heterocycles. The van der Waals surface area contributed by atoms with Crippen molar-refractivity contribution in [2.75, 3.05) is 0 Å². The summed E-state index contributed by atoms with van der Waals surface area (Å²) in [5, 5.41) is 8.01. The van der Waals surface area contributed by atoms with E-state index in [1.165, 1.54) is 44.9 Å². The molecule has 3 nitrogen and oxygen atoms in total. The van der Waals surface area contributed by atoms with Crippen LogP contribution < -0.4 is 0 Å². The molecule has 16 heavy (non-hydrogen) atoms. The maximum Gasteiger partial charge on any atom is 0.342 e. The molecule has 0 aliphatic carbocycles. The van der Waals surface area contributed by atoms with Gasteiger partial charge in [-0.15, -0.1) is 0 Å². The number of rotatable bonds is 10. The van der Waals surface area contributed by atoms with Crippen molar-refractivity contribution in [3.63, 3.8) is 0 Å². The Morgan fingerprint density at radius 2 is 1.38 bits per heavy atom. The summed E-state index contributed by atoms with van der Waals surface area (Å²) in [6.45, 7) is 2.22. The van der Waals surface area contributed by atoms with Gasteiger partial charge in [0.2, 0.25) is 0 Å². The van der Waals surface area contributed by atoms with Crippen LogP contribution >= 0.6 is 0 Å². The average molecular weight is 264 g/mol. The van der Waals surface area contributed by atoms with Gasteiger partial charge in [-0.3, -0.25) is 0 Å². The summed E-state index contributed by atoms with van der Waals surface area (Å²) in [6, 6.07) is 0. The standard InChI is InChI=1S/C12H24O3.Ti/c1-2-3-4-5-6-7-8-9-10-11-12(13)15-14;/h14H,2-11H2,1H3;. The smallest absolute Gasteiger partial charge is 0.301 e. The van der Waals surface area contributed by atoms with Gasteiger partial charge in [0.25, 0.3) is 0 Å². The normalized spacial score (nSPS) is 9.62. The molecule has 0 aromatic carbocycles. The fourth-order valence-corrected chi connectivity index (χ4v) is 1.63. The Labute approximate surface area is 114 Å². The molecule has 0 unspecified atom stereocenters. The van der Waals surface area contributed by atoms with Gasteiger partial charge in [-0.25, -0.2) is 4.79 Å². The van der Waals surface area contributed by atoms with Crippen molar-refractivity contribution >= 4 is 5.97 Å². The van der Waals surface area contributed by atoms with Gasteiger partial charge >= 0.3 is 5.97 Å². The topological polar surface area (TPSA) is 46.5 Å². The molecular weight excluding hydrogens is 240 g/mol. The van der Waals surface area contributed by atoms with Crippen LogP contribution in [0, 0.1) is 0 Å². The zero-order chi connectivity index (χ0) is 11.4. The van der Waals surface area contributed by atoms with Crippen molar-refractivity contribution in [3.05, 3.63) is 0 Å². The van der Waals surface area contributed by atoms with Crippen molar-refractivity contribution in [3.8, 4) is 0 Å². The van der Waals surface area contributed by atoms with Crippen LogP contribution in [-0.4, -0.2) is 11.2 Å². The van der Waals surface area contributed by atoms with Gasteiger partial charge in [0, 0.05) is 28.1 Å². The van der Waals surface area contributed by atoms with Crippen molar-refractivity contribution in [2.24, 2.45) is 0 Å². The third kappa shape index (κ3) is 14.1. The van der Waals surface area contributed by atoms with Gasteiger partial charge in [-0.05, 0) is 6.42 Å². The number of hydrogen-bond donors (Lipinski definition) is 1. The predicted octanol–water partition coefficient (Wildman–Crippen LogP) is 3.92. The second kappa shape index (κ2) is 15.1. The third-order valence-electron chi connectivity index (χ3n) is 2.59. The Hall–Kier alpha value is 0.144. The molecule has 0 atom stereocenters. The molecule has 0 spiro atoms. The van der Waals surface area contributed by atoms with Gasteiger partial charge in [-0.1, -0.05) is 58.3 Å². The molecule has 0 amide bonds. The molecule has 1 N–H and O–H groups in total. The first-order valence-corrected chi connectivity index (χ1v) is 6.15. The van der Waals surface area contributed by atoms with E-state index in [9.17, 15) is 4.79 Å². The number of unbranched alkanes of at least 4 members (excludes halogenated alkanes) is 8. The van der Waals surface area contributed by atoms with Gasteiger partial charge in [-0.2, -0.15) is 5.26 Å². The number of hydrogen-bond acceptors (Lipinski definition) is 3. The first kappa shape index (κ1) is 18.5.